The van der Waals surface area contributed by atoms with Gasteiger partial charge in [0, 0.05) is 23.1 Å². The van der Waals surface area contributed by atoms with Crippen molar-refractivity contribution in [1.29, 1.82) is 0 Å². The number of hydrogen-bond acceptors (Lipinski definition) is 4. The Morgan fingerprint density at radius 3 is 2.72 bits per heavy atom. The second-order valence-electron chi connectivity index (χ2n) is 7.01. The van der Waals surface area contributed by atoms with Gasteiger partial charge in [-0.2, -0.15) is 0 Å². The summed E-state index contributed by atoms with van der Waals surface area (Å²) in [6.07, 6.45) is 0.762. The molecule has 0 bridgehead atoms. The van der Waals surface area contributed by atoms with E-state index in [9.17, 15) is 19.1 Å². The van der Waals surface area contributed by atoms with Crippen LogP contribution in [0.5, 0.6) is 5.88 Å². The standard InChI is InChI=1S/C21H17FN4O3/c22-11-4-3-5-12(10-11)26-20(28)16(19(27)25-21(26)29)18-17-14(8-9-23-18)13-6-1-2-7-15(13)24-17/h1-7,10,18,23-24,28H,8-9H2,(H,25,27,29)/t18-/m1/s1. The molecule has 0 unspecified atom stereocenters. The Balaban J connectivity index is 1.75. The van der Waals surface area contributed by atoms with Crippen molar-refractivity contribution in [2.75, 3.05) is 6.54 Å². The third kappa shape index (κ3) is 2.68. The number of benzene rings is 2. The second kappa shape index (κ2) is 6.46. The Hall–Kier alpha value is -3.65. The molecule has 2 aromatic carbocycles. The molecular formula is C21H17FN4O3. The van der Waals surface area contributed by atoms with Crippen LogP contribution >= 0.6 is 0 Å². The monoisotopic (exact) mass is 392 g/mol. The van der Waals surface area contributed by atoms with Gasteiger partial charge in [-0.1, -0.05) is 24.3 Å². The Labute approximate surface area is 163 Å². The summed E-state index contributed by atoms with van der Waals surface area (Å²) in [5.74, 6) is -1.08. The molecule has 146 valence electrons. The third-order valence-corrected chi connectivity index (χ3v) is 5.33. The van der Waals surface area contributed by atoms with E-state index in [0.29, 0.717) is 6.54 Å². The van der Waals surface area contributed by atoms with E-state index in [4.69, 9.17) is 0 Å². The first-order valence-electron chi connectivity index (χ1n) is 9.21. The molecule has 0 saturated carbocycles. The molecule has 2 aromatic heterocycles. The fourth-order valence-electron chi connectivity index (χ4n) is 4.08. The Bertz CT molecular complexity index is 1370. The van der Waals surface area contributed by atoms with E-state index in [0.717, 1.165) is 39.2 Å². The number of H-pyrrole nitrogens is 2. The molecule has 5 rings (SSSR count). The molecule has 1 aliphatic rings. The summed E-state index contributed by atoms with van der Waals surface area (Å²) in [7, 11) is 0. The number of nitrogens with one attached hydrogen (secondary N) is 3. The molecule has 3 heterocycles. The van der Waals surface area contributed by atoms with Gasteiger partial charge in [0.1, 0.15) is 11.4 Å². The maximum atomic E-state index is 13.7. The lowest BCUT2D eigenvalue weighted by Crippen LogP contribution is -2.38. The minimum absolute atomic E-state index is 0.00127. The van der Waals surface area contributed by atoms with Crippen molar-refractivity contribution in [1.82, 2.24) is 19.9 Å². The van der Waals surface area contributed by atoms with Crippen LogP contribution in [0.1, 0.15) is 22.9 Å². The number of hydrogen-bond donors (Lipinski definition) is 4. The van der Waals surface area contributed by atoms with E-state index in [2.05, 4.69) is 15.3 Å². The largest absolute Gasteiger partial charge is 0.494 e. The summed E-state index contributed by atoms with van der Waals surface area (Å²) >= 11 is 0. The summed E-state index contributed by atoms with van der Waals surface area (Å²) < 4.78 is 14.6. The molecule has 0 spiro atoms. The molecule has 0 amide bonds. The summed E-state index contributed by atoms with van der Waals surface area (Å²) in [4.78, 5) is 30.6. The van der Waals surface area contributed by atoms with Crippen molar-refractivity contribution in [3.63, 3.8) is 0 Å². The quantitative estimate of drug-likeness (QED) is 0.419. The average molecular weight is 392 g/mol. The molecule has 4 aromatic rings. The van der Waals surface area contributed by atoms with Crippen LogP contribution in [0.4, 0.5) is 4.39 Å². The summed E-state index contributed by atoms with van der Waals surface area (Å²) in [6.45, 7) is 0.595. The molecule has 0 radical (unpaired) electrons. The van der Waals surface area contributed by atoms with E-state index in [1.165, 1.54) is 18.2 Å². The minimum Gasteiger partial charge on any atom is -0.494 e. The molecule has 4 N–H and O–H groups in total. The van der Waals surface area contributed by atoms with Crippen LogP contribution in [0.15, 0.2) is 58.1 Å². The highest BCUT2D eigenvalue weighted by molar-refractivity contribution is 5.85. The van der Waals surface area contributed by atoms with Gasteiger partial charge in [0.2, 0.25) is 5.88 Å². The number of aromatic nitrogens is 3. The molecule has 1 aliphatic heterocycles. The van der Waals surface area contributed by atoms with E-state index in [-0.39, 0.29) is 11.3 Å². The van der Waals surface area contributed by atoms with E-state index in [1.54, 1.807) is 0 Å². The minimum atomic E-state index is -0.838. The predicted octanol–water partition coefficient (Wildman–Crippen LogP) is 2.09. The average Bonchev–Trinajstić information content (AvgIpc) is 3.07. The van der Waals surface area contributed by atoms with E-state index < -0.39 is 29.0 Å². The first kappa shape index (κ1) is 17.4. The normalized spacial score (nSPS) is 16.1. The number of fused-ring (bicyclic) bond motifs is 3. The molecule has 8 heteroatoms. The van der Waals surface area contributed by atoms with E-state index >= 15 is 0 Å². The van der Waals surface area contributed by atoms with Gasteiger partial charge in [0.25, 0.3) is 5.56 Å². The molecule has 0 aliphatic carbocycles. The van der Waals surface area contributed by atoms with Crippen LogP contribution in [-0.4, -0.2) is 26.2 Å². The molecule has 0 fully saturated rings. The number of aromatic amines is 2. The van der Waals surface area contributed by atoms with Gasteiger partial charge in [0.15, 0.2) is 0 Å². The smallest absolute Gasteiger partial charge is 0.335 e. The van der Waals surface area contributed by atoms with Crippen molar-refractivity contribution in [2.45, 2.75) is 12.5 Å². The topological polar surface area (TPSA) is 103 Å². The molecule has 0 saturated heterocycles. The molecular weight excluding hydrogens is 375 g/mol. The fraction of sp³-hybridized carbons (Fsp3) is 0.143. The van der Waals surface area contributed by atoms with Gasteiger partial charge in [0.05, 0.1) is 11.7 Å². The Morgan fingerprint density at radius 2 is 1.90 bits per heavy atom. The van der Waals surface area contributed by atoms with Crippen molar-refractivity contribution < 1.29 is 9.50 Å². The Kier molecular flexibility index (Phi) is 3.88. The Morgan fingerprint density at radius 1 is 1.07 bits per heavy atom. The number of para-hydroxylation sites is 1. The lowest BCUT2D eigenvalue weighted by Gasteiger charge is -2.25. The van der Waals surface area contributed by atoms with Gasteiger partial charge < -0.3 is 15.4 Å². The maximum absolute atomic E-state index is 13.7. The zero-order valence-electron chi connectivity index (χ0n) is 15.2. The summed E-state index contributed by atoms with van der Waals surface area (Å²) in [6, 6.07) is 12.4. The summed E-state index contributed by atoms with van der Waals surface area (Å²) in [5.41, 5.74) is 1.35. The number of nitrogens with zero attached hydrogens (tertiary/aromatic N) is 1. The molecule has 1 atom stereocenters. The fourth-order valence-corrected chi connectivity index (χ4v) is 4.08. The lowest BCUT2D eigenvalue weighted by molar-refractivity contribution is 0.409. The van der Waals surface area contributed by atoms with Gasteiger partial charge in [-0.3, -0.25) is 9.78 Å². The first-order chi connectivity index (χ1) is 14.0. The van der Waals surface area contributed by atoms with Crippen LogP contribution < -0.4 is 16.6 Å². The third-order valence-electron chi connectivity index (χ3n) is 5.33. The zero-order chi connectivity index (χ0) is 20.1. The number of halogens is 1. The lowest BCUT2D eigenvalue weighted by atomic mass is 9.95. The molecule has 7 nitrogen and oxygen atoms in total. The zero-order valence-corrected chi connectivity index (χ0v) is 15.2. The van der Waals surface area contributed by atoms with Crippen LogP contribution in [0, 0.1) is 5.82 Å². The highest BCUT2D eigenvalue weighted by Gasteiger charge is 2.31. The van der Waals surface area contributed by atoms with E-state index in [1.807, 2.05) is 24.3 Å². The van der Waals surface area contributed by atoms with Crippen LogP contribution in [0.2, 0.25) is 0 Å². The van der Waals surface area contributed by atoms with Crippen molar-refractivity contribution in [3.05, 3.63) is 92.0 Å². The van der Waals surface area contributed by atoms with Gasteiger partial charge in [-0.05, 0) is 36.2 Å². The van der Waals surface area contributed by atoms with Crippen LogP contribution in [-0.2, 0) is 6.42 Å². The van der Waals surface area contributed by atoms with Crippen LogP contribution in [0.25, 0.3) is 16.6 Å². The SMILES string of the molecule is O=c1[nH]c(=O)n(-c2cccc(F)c2)c(O)c1[C@H]1NCCc2c1[nH]c1ccccc21. The van der Waals surface area contributed by atoms with Gasteiger partial charge >= 0.3 is 5.69 Å². The highest BCUT2D eigenvalue weighted by atomic mass is 19.1. The highest BCUT2D eigenvalue weighted by Crippen LogP contribution is 2.35. The van der Waals surface area contributed by atoms with Gasteiger partial charge in [-0.15, -0.1) is 0 Å². The number of aromatic hydroxyl groups is 1. The first-order valence-corrected chi connectivity index (χ1v) is 9.21. The summed E-state index contributed by atoms with van der Waals surface area (Å²) in [5, 5.41) is 15.2. The predicted molar refractivity (Wildman–Crippen MR) is 106 cm³/mol. The van der Waals surface area contributed by atoms with Crippen molar-refractivity contribution in [3.8, 4) is 11.6 Å². The van der Waals surface area contributed by atoms with Gasteiger partial charge in [-0.25, -0.2) is 13.8 Å². The maximum Gasteiger partial charge on any atom is 0.335 e. The second-order valence-corrected chi connectivity index (χ2v) is 7.01. The molecule has 29 heavy (non-hydrogen) atoms. The number of rotatable bonds is 2. The van der Waals surface area contributed by atoms with Crippen molar-refractivity contribution in [2.24, 2.45) is 0 Å². The van der Waals surface area contributed by atoms with Crippen LogP contribution in [0.3, 0.4) is 0 Å². The van der Waals surface area contributed by atoms with Crippen molar-refractivity contribution >= 4 is 10.9 Å².